The summed E-state index contributed by atoms with van der Waals surface area (Å²) in [5.74, 6) is 0.131. The molecule has 0 saturated carbocycles. The zero-order chi connectivity index (χ0) is 13.1. The van der Waals surface area contributed by atoms with Crippen molar-refractivity contribution in [3.63, 3.8) is 0 Å². The number of alkyl halides is 1. The first-order chi connectivity index (χ1) is 7.85. The summed E-state index contributed by atoms with van der Waals surface area (Å²) in [4.78, 5) is 3.84. The fourth-order valence-corrected chi connectivity index (χ4v) is 3.33. The molecule has 1 N–H and O–H groups in total. The summed E-state index contributed by atoms with van der Waals surface area (Å²) in [5, 5.41) is 0.145. The molecule has 0 aliphatic carbocycles. The highest BCUT2D eigenvalue weighted by atomic mass is 35.5. The largest absolute Gasteiger partial charge is 0.280 e. The summed E-state index contributed by atoms with van der Waals surface area (Å²) in [6, 6.07) is 1.69. The van der Waals surface area contributed by atoms with Crippen LogP contribution in [0, 0.1) is 12.8 Å². The SMILES string of the molecule is Cc1ccnc(Cl)c1NS(=O)(=O)CC(C)CCl. The molecular weight excluding hydrogens is 283 g/mol. The Morgan fingerprint density at radius 3 is 2.71 bits per heavy atom. The molecule has 1 rings (SSSR count). The van der Waals surface area contributed by atoms with Crippen molar-refractivity contribution in [3.05, 3.63) is 23.0 Å². The van der Waals surface area contributed by atoms with Gasteiger partial charge in [0.2, 0.25) is 10.0 Å². The lowest BCUT2D eigenvalue weighted by Gasteiger charge is -2.13. The van der Waals surface area contributed by atoms with Gasteiger partial charge in [0.25, 0.3) is 0 Å². The van der Waals surface area contributed by atoms with Crippen molar-refractivity contribution in [2.24, 2.45) is 5.92 Å². The molecule has 1 atom stereocenters. The van der Waals surface area contributed by atoms with Gasteiger partial charge in [0, 0.05) is 12.1 Å². The second-order valence-electron chi connectivity index (χ2n) is 3.94. The van der Waals surface area contributed by atoms with Crippen molar-refractivity contribution in [2.75, 3.05) is 16.4 Å². The maximum Gasteiger partial charge on any atom is 0.233 e. The third kappa shape index (κ3) is 4.33. The summed E-state index contributed by atoms with van der Waals surface area (Å²) in [6.07, 6.45) is 1.52. The van der Waals surface area contributed by atoms with Crippen molar-refractivity contribution in [1.82, 2.24) is 4.98 Å². The van der Waals surface area contributed by atoms with Gasteiger partial charge in [-0.1, -0.05) is 18.5 Å². The van der Waals surface area contributed by atoms with E-state index in [1.165, 1.54) is 6.20 Å². The van der Waals surface area contributed by atoms with E-state index in [0.29, 0.717) is 11.6 Å². The molecule has 96 valence electrons. The lowest BCUT2D eigenvalue weighted by molar-refractivity contribution is 0.588. The molecule has 1 aromatic heterocycles. The highest BCUT2D eigenvalue weighted by Crippen LogP contribution is 2.24. The van der Waals surface area contributed by atoms with Crippen molar-refractivity contribution in [2.45, 2.75) is 13.8 Å². The molecule has 1 heterocycles. The molecule has 0 fully saturated rings. The van der Waals surface area contributed by atoms with Crippen LogP contribution in [0.2, 0.25) is 5.15 Å². The Kier molecular flexibility index (Phi) is 5.04. The Hall–Kier alpha value is -0.520. The van der Waals surface area contributed by atoms with Gasteiger partial charge < -0.3 is 0 Å². The van der Waals surface area contributed by atoms with E-state index >= 15 is 0 Å². The molecule has 17 heavy (non-hydrogen) atoms. The molecular formula is C10H14Cl2N2O2S. The molecule has 7 heteroatoms. The Bertz CT molecular complexity index is 471. The topological polar surface area (TPSA) is 59.1 Å². The van der Waals surface area contributed by atoms with Crippen molar-refractivity contribution < 1.29 is 8.42 Å². The quantitative estimate of drug-likeness (QED) is 0.671. The predicted molar refractivity (Wildman–Crippen MR) is 71.3 cm³/mol. The number of anilines is 1. The van der Waals surface area contributed by atoms with Crippen LogP contribution in [-0.2, 0) is 10.0 Å². The average Bonchev–Trinajstić information content (AvgIpc) is 2.23. The van der Waals surface area contributed by atoms with Crippen LogP contribution in [0.4, 0.5) is 5.69 Å². The number of aromatic nitrogens is 1. The van der Waals surface area contributed by atoms with E-state index < -0.39 is 10.0 Å². The van der Waals surface area contributed by atoms with Crippen molar-refractivity contribution in [3.8, 4) is 0 Å². The van der Waals surface area contributed by atoms with Crippen LogP contribution in [0.15, 0.2) is 12.3 Å². The highest BCUT2D eigenvalue weighted by molar-refractivity contribution is 7.92. The van der Waals surface area contributed by atoms with E-state index in [1.807, 2.05) is 0 Å². The van der Waals surface area contributed by atoms with Crippen LogP contribution >= 0.6 is 23.2 Å². The van der Waals surface area contributed by atoms with Crippen LogP contribution in [0.1, 0.15) is 12.5 Å². The van der Waals surface area contributed by atoms with Gasteiger partial charge in [0.05, 0.1) is 11.4 Å². The number of halogens is 2. The van der Waals surface area contributed by atoms with E-state index in [9.17, 15) is 8.42 Å². The van der Waals surface area contributed by atoms with Crippen molar-refractivity contribution >= 4 is 38.9 Å². The number of nitrogens with zero attached hydrogens (tertiary/aromatic N) is 1. The predicted octanol–water partition coefficient (Wildman–Crippen LogP) is 2.66. The summed E-state index contributed by atoms with van der Waals surface area (Å²) < 4.78 is 26.1. The maximum absolute atomic E-state index is 11.8. The van der Waals surface area contributed by atoms with E-state index in [0.717, 1.165) is 5.56 Å². The summed E-state index contributed by atoms with van der Waals surface area (Å²) in [6.45, 7) is 3.53. The molecule has 0 radical (unpaired) electrons. The Morgan fingerprint density at radius 2 is 2.18 bits per heavy atom. The normalized spacial score (nSPS) is 13.4. The average molecular weight is 297 g/mol. The van der Waals surface area contributed by atoms with Gasteiger partial charge in [0.15, 0.2) is 5.15 Å². The number of rotatable bonds is 5. The van der Waals surface area contributed by atoms with Crippen LogP contribution in [0.25, 0.3) is 0 Å². The Morgan fingerprint density at radius 1 is 1.53 bits per heavy atom. The van der Waals surface area contributed by atoms with Gasteiger partial charge >= 0.3 is 0 Å². The number of pyridine rings is 1. The first-order valence-corrected chi connectivity index (χ1v) is 7.59. The first kappa shape index (κ1) is 14.5. The van der Waals surface area contributed by atoms with E-state index in [2.05, 4.69) is 9.71 Å². The molecule has 0 aromatic carbocycles. The lowest BCUT2D eigenvalue weighted by atomic mass is 10.3. The van der Waals surface area contributed by atoms with Gasteiger partial charge in [-0.05, 0) is 24.5 Å². The third-order valence-electron chi connectivity index (χ3n) is 2.14. The van der Waals surface area contributed by atoms with Crippen LogP contribution in [-0.4, -0.2) is 25.0 Å². The summed E-state index contributed by atoms with van der Waals surface area (Å²) in [5.41, 5.74) is 1.06. The molecule has 0 amide bonds. The third-order valence-corrected chi connectivity index (χ3v) is 4.47. The number of sulfonamides is 1. The smallest absolute Gasteiger partial charge is 0.233 e. The summed E-state index contributed by atoms with van der Waals surface area (Å²) in [7, 11) is -3.45. The van der Waals surface area contributed by atoms with Crippen LogP contribution < -0.4 is 4.72 Å². The number of nitrogens with one attached hydrogen (secondary N) is 1. The zero-order valence-corrected chi connectivity index (χ0v) is 11.9. The monoisotopic (exact) mass is 296 g/mol. The lowest BCUT2D eigenvalue weighted by Crippen LogP contribution is -2.22. The van der Waals surface area contributed by atoms with E-state index in [4.69, 9.17) is 23.2 Å². The molecule has 0 bridgehead atoms. The standard InChI is InChI=1S/C10H14Cl2N2O2S/c1-7(5-11)6-17(15,16)14-9-8(2)3-4-13-10(9)12/h3-4,7,14H,5-6H2,1-2H3. The van der Waals surface area contributed by atoms with Crippen LogP contribution in [0.3, 0.4) is 0 Å². The number of hydrogen-bond acceptors (Lipinski definition) is 3. The number of aryl methyl sites for hydroxylation is 1. The molecule has 0 aliphatic rings. The molecule has 1 unspecified atom stereocenters. The maximum atomic E-state index is 11.8. The van der Waals surface area contributed by atoms with Gasteiger partial charge in [-0.3, -0.25) is 4.72 Å². The fraction of sp³-hybridized carbons (Fsp3) is 0.500. The molecule has 4 nitrogen and oxygen atoms in total. The van der Waals surface area contributed by atoms with Gasteiger partial charge in [-0.15, -0.1) is 11.6 Å². The second kappa shape index (κ2) is 5.89. The van der Waals surface area contributed by atoms with Gasteiger partial charge in [-0.25, -0.2) is 13.4 Å². The Balaban J connectivity index is 2.91. The van der Waals surface area contributed by atoms with E-state index in [1.54, 1.807) is 19.9 Å². The van der Waals surface area contributed by atoms with Gasteiger partial charge in [0.1, 0.15) is 0 Å². The minimum atomic E-state index is -3.45. The second-order valence-corrected chi connectivity index (χ2v) is 6.37. The fourth-order valence-electron chi connectivity index (χ4n) is 1.26. The molecule has 1 aromatic rings. The first-order valence-electron chi connectivity index (χ1n) is 5.03. The van der Waals surface area contributed by atoms with Crippen molar-refractivity contribution in [1.29, 1.82) is 0 Å². The van der Waals surface area contributed by atoms with Crippen LogP contribution in [0.5, 0.6) is 0 Å². The number of hydrogen-bond donors (Lipinski definition) is 1. The highest BCUT2D eigenvalue weighted by Gasteiger charge is 2.17. The van der Waals surface area contributed by atoms with E-state index in [-0.39, 0.29) is 16.8 Å². The molecule has 0 aliphatic heterocycles. The minimum absolute atomic E-state index is 0.0405. The molecule has 0 saturated heterocycles. The summed E-state index contributed by atoms with van der Waals surface area (Å²) >= 11 is 11.4. The van der Waals surface area contributed by atoms with Gasteiger partial charge in [-0.2, -0.15) is 0 Å². The zero-order valence-electron chi connectivity index (χ0n) is 9.57. The Labute approximate surface area is 111 Å². The molecule has 0 spiro atoms. The minimum Gasteiger partial charge on any atom is -0.280 e.